The number of aliphatic hydroxyl groups excluding tert-OH is 1. The van der Waals surface area contributed by atoms with E-state index in [1.54, 1.807) is 11.3 Å². The molecule has 0 amide bonds. The van der Waals surface area contributed by atoms with Gasteiger partial charge in [-0.2, -0.15) is 0 Å². The summed E-state index contributed by atoms with van der Waals surface area (Å²) in [6.45, 7) is 2.51. The van der Waals surface area contributed by atoms with E-state index < -0.39 is 6.10 Å². The number of imidazole rings is 1. The highest BCUT2D eigenvalue weighted by Crippen LogP contribution is 2.25. The second kappa shape index (κ2) is 7.88. The number of aryl methyl sites for hydroxylation is 1. The Balaban J connectivity index is 1.49. The third kappa shape index (κ3) is 3.95. The number of thiophene rings is 1. The van der Waals surface area contributed by atoms with Crippen LogP contribution in [0.25, 0.3) is 10.6 Å². The lowest BCUT2D eigenvalue weighted by molar-refractivity contribution is 0.175. The predicted molar refractivity (Wildman–Crippen MR) is 110 cm³/mol. The van der Waals surface area contributed by atoms with Gasteiger partial charge in [0.1, 0.15) is 11.7 Å². The minimum atomic E-state index is -0.593. The number of hydrogen-bond donors (Lipinski definition) is 2. The second-order valence-electron chi connectivity index (χ2n) is 6.64. The molecule has 2 aromatic rings. The fraction of sp³-hybridized carbons (Fsp3) is 0.368. The molecule has 1 unspecified atom stereocenters. The summed E-state index contributed by atoms with van der Waals surface area (Å²) in [5, 5.41) is 14.1. The van der Waals surface area contributed by atoms with E-state index >= 15 is 0 Å². The van der Waals surface area contributed by atoms with Crippen LogP contribution >= 0.6 is 22.9 Å². The van der Waals surface area contributed by atoms with Crippen LogP contribution in [0.4, 0.5) is 0 Å². The predicted octanol–water partition coefficient (Wildman–Crippen LogP) is 3.16. The Morgan fingerprint density at radius 3 is 3.04 bits per heavy atom. The number of halogens is 1. The molecule has 0 bridgehead atoms. The number of alkyl halides is 1. The number of aromatic nitrogens is 2. The summed E-state index contributed by atoms with van der Waals surface area (Å²) in [7, 11) is 0. The minimum absolute atomic E-state index is 0.0319. The zero-order chi connectivity index (χ0) is 18.8. The van der Waals surface area contributed by atoms with Crippen LogP contribution in [-0.4, -0.2) is 43.7 Å². The zero-order valence-electron chi connectivity index (χ0n) is 15.0. The zero-order valence-corrected chi connectivity index (χ0v) is 16.6. The van der Waals surface area contributed by atoms with Crippen LogP contribution in [0.2, 0.25) is 0 Å². The minimum Gasteiger partial charge on any atom is -0.390 e. The van der Waals surface area contributed by atoms with Crippen molar-refractivity contribution in [3.05, 3.63) is 53.5 Å². The number of fused-ring (bicyclic) bond motifs is 1. The highest BCUT2D eigenvalue weighted by atomic mass is 35.5. The molecule has 0 saturated heterocycles. The molecule has 2 aliphatic rings. The Hall–Kier alpha value is -2.09. The number of aliphatic hydroxyl groups is 1. The van der Waals surface area contributed by atoms with Crippen molar-refractivity contribution in [1.82, 2.24) is 20.0 Å². The first-order valence-electron chi connectivity index (χ1n) is 8.95. The highest BCUT2D eigenvalue weighted by molar-refractivity contribution is 7.13. The number of nitrogens with zero attached hydrogens (tertiary/aromatic N) is 4. The molecular formula is C19H22ClN5OS. The number of rotatable bonds is 7. The summed E-state index contributed by atoms with van der Waals surface area (Å²) in [6.07, 6.45) is 9.10. The third-order valence-electron chi connectivity index (χ3n) is 4.61. The quantitative estimate of drug-likeness (QED) is 0.697. The summed E-state index contributed by atoms with van der Waals surface area (Å²) in [6, 6.07) is 4.07. The Bertz CT molecular complexity index is 886. The van der Waals surface area contributed by atoms with Gasteiger partial charge in [0, 0.05) is 24.7 Å². The van der Waals surface area contributed by atoms with Crippen molar-refractivity contribution in [2.45, 2.75) is 38.6 Å². The lowest BCUT2D eigenvalue weighted by Crippen LogP contribution is -2.39. The Morgan fingerprint density at radius 1 is 1.41 bits per heavy atom. The van der Waals surface area contributed by atoms with Crippen LogP contribution in [0.1, 0.15) is 19.2 Å². The number of nitrogens with one attached hydrogen (secondary N) is 1. The maximum atomic E-state index is 9.99. The van der Waals surface area contributed by atoms with Gasteiger partial charge in [0.05, 0.1) is 29.1 Å². The van der Waals surface area contributed by atoms with Crippen molar-refractivity contribution in [3.63, 3.8) is 0 Å². The molecule has 142 valence electrons. The van der Waals surface area contributed by atoms with Gasteiger partial charge in [-0.1, -0.05) is 12.1 Å². The molecule has 2 atom stereocenters. The topological polar surface area (TPSA) is 65.7 Å². The number of allylic oxidation sites excluding steroid dienone is 3. The van der Waals surface area contributed by atoms with Gasteiger partial charge < -0.3 is 9.67 Å². The summed E-state index contributed by atoms with van der Waals surface area (Å²) in [5.41, 5.74) is 5.46. The van der Waals surface area contributed by atoms with E-state index in [1.165, 1.54) is 0 Å². The molecule has 0 radical (unpaired) electrons. The molecule has 27 heavy (non-hydrogen) atoms. The number of aliphatic imine (C=N–C) groups is 1. The average Bonchev–Trinajstić information content (AvgIpc) is 3.39. The third-order valence-corrected chi connectivity index (χ3v) is 5.86. The van der Waals surface area contributed by atoms with E-state index in [1.807, 2.05) is 28.3 Å². The van der Waals surface area contributed by atoms with Gasteiger partial charge in [0.2, 0.25) is 0 Å². The van der Waals surface area contributed by atoms with Crippen LogP contribution in [0.15, 0.2) is 52.6 Å². The van der Waals surface area contributed by atoms with E-state index in [-0.39, 0.29) is 12.0 Å². The van der Waals surface area contributed by atoms with E-state index in [2.05, 4.69) is 35.6 Å². The van der Waals surface area contributed by atoms with Crippen molar-refractivity contribution in [1.29, 1.82) is 0 Å². The van der Waals surface area contributed by atoms with Crippen molar-refractivity contribution in [2.75, 3.05) is 5.88 Å². The van der Waals surface area contributed by atoms with Crippen LogP contribution in [0, 0.1) is 0 Å². The standard InChI is InChI=1S/C19H22ClN5OS/c1-13-4-2-6-19-22-17(23-25(13)19)7-8-18-21-15(16-5-3-9-27-16)12-24(18)11-14(26)10-20/h2-6,9,12,14,19,26H,7-8,10-11H2,1H3,(H,22,23)/t14-,19?/m0/s1. The van der Waals surface area contributed by atoms with E-state index in [9.17, 15) is 5.11 Å². The number of hydrazine groups is 1. The van der Waals surface area contributed by atoms with Crippen LogP contribution in [-0.2, 0) is 13.0 Å². The van der Waals surface area contributed by atoms with Crippen LogP contribution < -0.4 is 5.43 Å². The largest absolute Gasteiger partial charge is 0.390 e. The van der Waals surface area contributed by atoms with Crippen molar-refractivity contribution in [2.24, 2.45) is 4.99 Å². The average molecular weight is 404 g/mol. The van der Waals surface area contributed by atoms with E-state index in [0.717, 1.165) is 40.8 Å². The van der Waals surface area contributed by atoms with Crippen LogP contribution in [0.3, 0.4) is 0 Å². The molecule has 0 fully saturated rings. The summed E-state index contributed by atoms with van der Waals surface area (Å²) in [4.78, 5) is 10.7. The van der Waals surface area contributed by atoms with Gasteiger partial charge >= 0.3 is 0 Å². The van der Waals surface area contributed by atoms with E-state index in [0.29, 0.717) is 6.54 Å². The second-order valence-corrected chi connectivity index (χ2v) is 7.90. The molecule has 0 saturated carbocycles. The molecule has 2 aliphatic heterocycles. The summed E-state index contributed by atoms with van der Waals surface area (Å²) >= 11 is 7.46. The maximum absolute atomic E-state index is 9.99. The molecule has 8 heteroatoms. The monoisotopic (exact) mass is 403 g/mol. The smallest absolute Gasteiger partial charge is 0.160 e. The van der Waals surface area contributed by atoms with Crippen molar-refractivity contribution < 1.29 is 5.11 Å². The van der Waals surface area contributed by atoms with Gasteiger partial charge in [0.25, 0.3) is 0 Å². The Labute approximate surface area is 167 Å². The molecule has 0 aromatic carbocycles. The van der Waals surface area contributed by atoms with Gasteiger partial charge in [-0.3, -0.25) is 10.4 Å². The maximum Gasteiger partial charge on any atom is 0.160 e. The van der Waals surface area contributed by atoms with Gasteiger partial charge in [-0.25, -0.2) is 9.98 Å². The molecule has 2 N–H and O–H groups in total. The van der Waals surface area contributed by atoms with Gasteiger partial charge in [-0.05, 0) is 30.5 Å². The van der Waals surface area contributed by atoms with Gasteiger partial charge in [-0.15, -0.1) is 22.9 Å². The molecule has 4 heterocycles. The highest BCUT2D eigenvalue weighted by Gasteiger charge is 2.25. The SMILES string of the molecule is CC1=CC=CC2N=C(CCc3nc(-c4cccs4)cn3C[C@@H](O)CCl)NN12. The number of amidine groups is 1. The van der Waals surface area contributed by atoms with Crippen molar-refractivity contribution in [3.8, 4) is 10.6 Å². The lowest BCUT2D eigenvalue weighted by Gasteiger charge is -2.26. The molecule has 4 rings (SSSR count). The summed E-state index contributed by atoms with van der Waals surface area (Å²) < 4.78 is 2.01. The molecule has 0 aliphatic carbocycles. The molecule has 0 spiro atoms. The first-order valence-corrected chi connectivity index (χ1v) is 10.4. The van der Waals surface area contributed by atoms with E-state index in [4.69, 9.17) is 21.6 Å². The van der Waals surface area contributed by atoms with Gasteiger partial charge in [0.15, 0.2) is 6.17 Å². The van der Waals surface area contributed by atoms with Crippen molar-refractivity contribution >= 4 is 28.8 Å². The fourth-order valence-corrected chi connectivity index (χ4v) is 4.01. The first kappa shape index (κ1) is 18.3. The lowest BCUT2D eigenvalue weighted by atomic mass is 10.2. The number of hydrogen-bond acceptors (Lipinski definition) is 6. The Morgan fingerprint density at radius 2 is 2.30 bits per heavy atom. The fourth-order valence-electron chi connectivity index (χ4n) is 3.23. The first-order chi connectivity index (χ1) is 13.1. The molecular weight excluding hydrogens is 382 g/mol. The summed E-state index contributed by atoms with van der Waals surface area (Å²) in [5.74, 6) is 2.08. The molecule has 6 nitrogen and oxygen atoms in total. The molecule has 2 aromatic heterocycles. The Kier molecular flexibility index (Phi) is 5.33. The normalized spacial score (nSPS) is 19.5. The van der Waals surface area contributed by atoms with Crippen LogP contribution in [0.5, 0.6) is 0 Å².